The van der Waals surface area contributed by atoms with Gasteiger partial charge >= 0.3 is 0 Å². The lowest BCUT2D eigenvalue weighted by Gasteiger charge is -2.11. The zero-order chi connectivity index (χ0) is 14.4. The monoisotopic (exact) mass is 336 g/mol. The quantitative estimate of drug-likeness (QED) is 0.784. The van der Waals surface area contributed by atoms with Gasteiger partial charge in [-0.1, -0.05) is 52.3 Å². The van der Waals surface area contributed by atoms with Gasteiger partial charge < -0.3 is 0 Å². The SMILES string of the molecule is O=C1N=C(c2ccc(Br)cc2)N=C2C1=Cc1ccccc12. The number of benzene rings is 2. The molecule has 0 bridgehead atoms. The lowest BCUT2D eigenvalue weighted by molar-refractivity contribution is -0.113. The zero-order valence-electron chi connectivity index (χ0n) is 10.9. The second-order valence-electron chi connectivity index (χ2n) is 4.85. The van der Waals surface area contributed by atoms with E-state index in [1.807, 2.05) is 54.6 Å². The van der Waals surface area contributed by atoms with Crippen LogP contribution in [0.2, 0.25) is 0 Å². The molecule has 1 aliphatic carbocycles. The van der Waals surface area contributed by atoms with E-state index in [0.717, 1.165) is 26.9 Å². The van der Waals surface area contributed by atoms with Gasteiger partial charge in [0.25, 0.3) is 5.91 Å². The number of rotatable bonds is 1. The number of fused-ring (bicyclic) bond motifs is 3. The largest absolute Gasteiger partial charge is 0.281 e. The van der Waals surface area contributed by atoms with E-state index < -0.39 is 0 Å². The maximum absolute atomic E-state index is 12.2. The van der Waals surface area contributed by atoms with Crippen molar-refractivity contribution in [2.45, 2.75) is 0 Å². The van der Waals surface area contributed by atoms with Gasteiger partial charge in [0.05, 0.1) is 11.3 Å². The van der Waals surface area contributed by atoms with E-state index in [9.17, 15) is 4.79 Å². The van der Waals surface area contributed by atoms with E-state index >= 15 is 0 Å². The molecule has 0 atom stereocenters. The van der Waals surface area contributed by atoms with Crippen LogP contribution in [0.25, 0.3) is 6.08 Å². The van der Waals surface area contributed by atoms with Crippen molar-refractivity contribution in [1.29, 1.82) is 0 Å². The Labute approximate surface area is 129 Å². The van der Waals surface area contributed by atoms with E-state index in [1.165, 1.54) is 0 Å². The second kappa shape index (κ2) is 4.60. The van der Waals surface area contributed by atoms with Gasteiger partial charge in [0.1, 0.15) is 0 Å². The molecule has 21 heavy (non-hydrogen) atoms. The topological polar surface area (TPSA) is 41.8 Å². The van der Waals surface area contributed by atoms with Crippen LogP contribution in [0.1, 0.15) is 16.7 Å². The number of aliphatic imine (C=N–C) groups is 2. The first-order chi connectivity index (χ1) is 10.2. The predicted octanol–water partition coefficient (Wildman–Crippen LogP) is 3.62. The van der Waals surface area contributed by atoms with E-state index in [2.05, 4.69) is 25.9 Å². The average Bonchev–Trinajstić information content (AvgIpc) is 2.87. The summed E-state index contributed by atoms with van der Waals surface area (Å²) in [6.07, 6.45) is 1.86. The number of halogens is 1. The first kappa shape index (κ1) is 12.4. The van der Waals surface area contributed by atoms with Gasteiger partial charge in [0.15, 0.2) is 5.84 Å². The molecule has 0 unspecified atom stereocenters. The van der Waals surface area contributed by atoms with E-state index in [4.69, 9.17) is 0 Å². The zero-order valence-corrected chi connectivity index (χ0v) is 12.5. The summed E-state index contributed by atoms with van der Waals surface area (Å²) in [5.41, 5.74) is 4.15. The average molecular weight is 337 g/mol. The summed E-state index contributed by atoms with van der Waals surface area (Å²) in [4.78, 5) is 21.0. The summed E-state index contributed by atoms with van der Waals surface area (Å²) < 4.78 is 0.980. The first-order valence-electron chi connectivity index (χ1n) is 6.51. The lowest BCUT2D eigenvalue weighted by atomic mass is 10.1. The standard InChI is InChI=1S/C17H9BrN2O/c18-12-7-5-10(6-8-12)16-19-15-13-4-2-1-3-11(13)9-14(15)17(21)20-16/h1-9H. The molecule has 1 amide bonds. The van der Waals surface area contributed by atoms with Crippen LogP contribution < -0.4 is 0 Å². The summed E-state index contributed by atoms with van der Waals surface area (Å²) in [7, 11) is 0. The van der Waals surface area contributed by atoms with Crippen molar-refractivity contribution < 1.29 is 4.79 Å². The summed E-state index contributed by atoms with van der Waals surface area (Å²) >= 11 is 3.40. The van der Waals surface area contributed by atoms with Gasteiger partial charge in [-0.05, 0) is 23.8 Å². The number of carbonyl (C=O) groups is 1. The first-order valence-corrected chi connectivity index (χ1v) is 7.31. The highest BCUT2D eigenvalue weighted by Crippen LogP contribution is 2.29. The van der Waals surface area contributed by atoms with Crippen LogP contribution in [0.15, 0.2) is 68.6 Å². The molecule has 0 saturated heterocycles. The van der Waals surface area contributed by atoms with Crippen molar-refractivity contribution in [3.05, 3.63) is 75.3 Å². The van der Waals surface area contributed by atoms with Gasteiger partial charge in [0.2, 0.25) is 0 Å². The molecule has 1 heterocycles. The molecule has 2 aliphatic rings. The Bertz CT molecular complexity index is 861. The van der Waals surface area contributed by atoms with Gasteiger partial charge in [-0.3, -0.25) is 4.79 Å². The molecule has 1 aliphatic heterocycles. The van der Waals surface area contributed by atoms with Crippen molar-refractivity contribution in [2.24, 2.45) is 9.98 Å². The molecule has 0 N–H and O–H groups in total. The molecule has 0 aromatic heterocycles. The fraction of sp³-hybridized carbons (Fsp3) is 0. The third-order valence-electron chi connectivity index (χ3n) is 3.53. The van der Waals surface area contributed by atoms with Crippen LogP contribution in [0, 0.1) is 0 Å². The van der Waals surface area contributed by atoms with Crippen LogP contribution in [0.3, 0.4) is 0 Å². The van der Waals surface area contributed by atoms with Gasteiger partial charge in [-0.15, -0.1) is 0 Å². The molecule has 4 heteroatoms. The van der Waals surface area contributed by atoms with E-state index in [1.54, 1.807) is 0 Å². The third kappa shape index (κ3) is 1.99. The molecule has 0 radical (unpaired) electrons. The fourth-order valence-corrected chi connectivity index (χ4v) is 2.77. The Morgan fingerprint density at radius 3 is 2.48 bits per heavy atom. The van der Waals surface area contributed by atoms with Gasteiger partial charge in [-0.2, -0.15) is 4.99 Å². The molecular formula is C17H9BrN2O. The van der Waals surface area contributed by atoms with E-state index in [-0.39, 0.29) is 5.91 Å². The number of carbonyl (C=O) groups excluding carboxylic acids is 1. The minimum absolute atomic E-state index is 0.228. The van der Waals surface area contributed by atoms with Gasteiger partial charge in [-0.25, -0.2) is 4.99 Å². The molecule has 100 valence electrons. The van der Waals surface area contributed by atoms with Crippen LogP contribution in [-0.4, -0.2) is 17.5 Å². The van der Waals surface area contributed by atoms with Crippen LogP contribution in [0.5, 0.6) is 0 Å². The number of hydrogen-bond acceptors (Lipinski definition) is 2. The molecule has 0 spiro atoms. The van der Waals surface area contributed by atoms with Crippen LogP contribution in [-0.2, 0) is 4.79 Å². The molecule has 0 fully saturated rings. The van der Waals surface area contributed by atoms with Crippen molar-refractivity contribution in [3.8, 4) is 0 Å². The number of amidine groups is 1. The van der Waals surface area contributed by atoms with Gasteiger partial charge in [0, 0.05) is 15.6 Å². The predicted molar refractivity (Wildman–Crippen MR) is 86.6 cm³/mol. The lowest BCUT2D eigenvalue weighted by Crippen LogP contribution is -2.18. The Morgan fingerprint density at radius 1 is 0.905 bits per heavy atom. The van der Waals surface area contributed by atoms with E-state index in [0.29, 0.717) is 11.4 Å². The van der Waals surface area contributed by atoms with Crippen molar-refractivity contribution in [3.63, 3.8) is 0 Å². The third-order valence-corrected chi connectivity index (χ3v) is 4.06. The maximum atomic E-state index is 12.2. The molecule has 0 saturated carbocycles. The smallest absolute Gasteiger partial charge is 0.267 e. The molecule has 3 nitrogen and oxygen atoms in total. The molecule has 2 aromatic rings. The highest BCUT2D eigenvalue weighted by atomic mass is 79.9. The Hall–Kier alpha value is -2.33. The van der Waals surface area contributed by atoms with Crippen molar-refractivity contribution in [1.82, 2.24) is 0 Å². The fourth-order valence-electron chi connectivity index (χ4n) is 2.51. The second-order valence-corrected chi connectivity index (χ2v) is 5.77. The number of nitrogens with zero attached hydrogens (tertiary/aromatic N) is 2. The highest BCUT2D eigenvalue weighted by Gasteiger charge is 2.29. The number of hydrogen-bond donors (Lipinski definition) is 0. The molecular weight excluding hydrogens is 328 g/mol. The minimum Gasteiger partial charge on any atom is -0.267 e. The molecule has 4 rings (SSSR count). The Kier molecular flexibility index (Phi) is 2.72. The Morgan fingerprint density at radius 2 is 1.67 bits per heavy atom. The molecule has 2 aromatic carbocycles. The summed E-state index contributed by atoms with van der Waals surface area (Å²) in [6.45, 7) is 0. The minimum atomic E-state index is -0.228. The summed E-state index contributed by atoms with van der Waals surface area (Å²) in [6, 6.07) is 15.5. The highest BCUT2D eigenvalue weighted by molar-refractivity contribution is 9.10. The van der Waals surface area contributed by atoms with Crippen molar-refractivity contribution in [2.75, 3.05) is 0 Å². The summed E-state index contributed by atoms with van der Waals surface area (Å²) in [5, 5.41) is 0. The van der Waals surface area contributed by atoms with Crippen molar-refractivity contribution >= 4 is 39.5 Å². The number of amides is 1. The maximum Gasteiger partial charge on any atom is 0.281 e. The normalized spacial score (nSPS) is 15.9. The Balaban J connectivity index is 1.85. The summed E-state index contributed by atoms with van der Waals surface area (Å²) in [5.74, 6) is 0.241. The van der Waals surface area contributed by atoms with Crippen LogP contribution >= 0.6 is 15.9 Å². The van der Waals surface area contributed by atoms with Crippen LogP contribution in [0.4, 0.5) is 0 Å².